The third kappa shape index (κ3) is 2.50. The van der Waals surface area contributed by atoms with E-state index >= 15 is 0 Å². The molecule has 0 saturated carbocycles. The van der Waals surface area contributed by atoms with Gasteiger partial charge in [-0.1, -0.05) is 33.6 Å². The Balaban J connectivity index is 2.78. The maximum absolute atomic E-state index is 9.89. The summed E-state index contributed by atoms with van der Waals surface area (Å²) < 4.78 is 5.43. The number of ether oxygens (including phenoxy) is 1. The third-order valence-corrected chi connectivity index (χ3v) is 2.30. The molecular weight excluding hydrogens is 243 g/mol. The Kier molecular flexibility index (Phi) is 3.56. The zero-order chi connectivity index (χ0) is 8.97. The van der Waals surface area contributed by atoms with Crippen molar-refractivity contribution >= 4 is 34.0 Å². The second-order valence-electron chi connectivity index (χ2n) is 2.14. The van der Waals surface area contributed by atoms with Crippen LogP contribution in [-0.4, -0.2) is 6.47 Å². The molecule has 4 heteroatoms. The fourth-order valence-corrected chi connectivity index (χ4v) is 1.56. The van der Waals surface area contributed by atoms with Crippen molar-refractivity contribution in [3.8, 4) is 0 Å². The number of hydrogen-bond acceptors (Lipinski definition) is 2. The molecule has 1 aromatic rings. The van der Waals surface area contributed by atoms with Gasteiger partial charge in [0.25, 0.3) is 6.47 Å². The Bertz CT molecular complexity index is 288. The van der Waals surface area contributed by atoms with Crippen LogP contribution in [0.5, 0.6) is 0 Å². The normalized spacial score (nSPS) is 9.50. The van der Waals surface area contributed by atoms with E-state index in [9.17, 15) is 4.79 Å². The molecule has 0 spiro atoms. The Morgan fingerprint density at radius 3 is 2.92 bits per heavy atom. The largest absolute Gasteiger partial charge is 0.463 e. The highest BCUT2D eigenvalue weighted by molar-refractivity contribution is 9.10. The summed E-state index contributed by atoms with van der Waals surface area (Å²) >= 11 is 9.01. The van der Waals surface area contributed by atoms with Crippen LogP contribution in [-0.2, 0) is 16.1 Å². The molecule has 0 radical (unpaired) electrons. The van der Waals surface area contributed by atoms with Crippen LogP contribution in [0.1, 0.15) is 5.56 Å². The highest BCUT2D eigenvalue weighted by Crippen LogP contribution is 2.21. The van der Waals surface area contributed by atoms with Gasteiger partial charge < -0.3 is 4.74 Å². The number of halogens is 2. The zero-order valence-corrected chi connectivity index (χ0v) is 8.43. The van der Waals surface area contributed by atoms with Gasteiger partial charge in [0.05, 0.1) is 0 Å². The van der Waals surface area contributed by atoms with E-state index < -0.39 is 0 Å². The topological polar surface area (TPSA) is 26.3 Å². The van der Waals surface area contributed by atoms with E-state index in [0.29, 0.717) is 11.5 Å². The lowest BCUT2D eigenvalue weighted by Gasteiger charge is -2.02. The van der Waals surface area contributed by atoms with Crippen molar-refractivity contribution in [3.05, 3.63) is 33.3 Å². The van der Waals surface area contributed by atoms with Gasteiger partial charge in [-0.15, -0.1) is 0 Å². The van der Waals surface area contributed by atoms with Crippen LogP contribution >= 0.6 is 27.5 Å². The van der Waals surface area contributed by atoms with Crippen molar-refractivity contribution in [2.45, 2.75) is 6.61 Å². The maximum atomic E-state index is 9.89. The summed E-state index contributed by atoms with van der Waals surface area (Å²) in [5, 5.41) is 0.650. The number of hydrogen-bond donors (Lipinski definition) is 0. The minimum absolute atomic E-state index is 0.265. The molecule has 0 aromatic heterocycles. The number of benzene rings is 1. The van der Waals surface area contributed by atoms with Gasteiger partial charge in [0.1, 0.15) is 6.61 Å². The van der Waals surface area contributed by atoms with Crippen LogP contribution in [0.25, 0.3) is 0 Å². The minimum Gasteiger partial charge on any atom is -0.463 e. The smallest absolute Gasteiger partial charge is 0.293 e. The first kappa shape index (κ1) is 9.55. The Morgan fingerprint density at radius 1 is 1.58 bits per heavy atom. The van der Waals surface area contributed by atoms with Crippen molar-refractivity contribution < 1.29 is 9.53 Å². The van der Waals surface area contributed by atoms with Gasteiger partial charge in [0.2, 0.25) is 0 Å². The lowest BCUT2D eigenvalue weighted by molar-refractivity contribution is -0.129. The van der Waals surface area contributed by atoms with E-state index in [-0.39, 0.29) is 6.61 Å². The summed E-state index contributed by atoms with van der Waals surface area (Å²) in [5.41, 5.74) is 0.895. The molecule has 0 aliphatic rings. The van der Waals surface area contributed by atoms with Crippen molar-refractivity contribution in [1.29, 1.82) is 0 Å². The van der Waals surface area contributed by atoms with E-state index in [1.807, 2.05) is 0 Å². The first-order valence-corrected chi connectivity index (χ1v) is 4.40. The van der Waals surface area contributed by atoms with E-state index in [4.69, 9.17) is 11.6 Å². The standard InChI is InChI=1S/C8H6BrClO2/c9-8-3-7(10)2-1-6(8)4-12-5-11/h1-3,5H,4H2. The molecule has 12 heavy (non-hydrogen) atoms. The molecular formula is C8H6BrClO2. The molecule has 2 nitrogen and oxygen atoms in total. The predicted molar refractivity (Wildman–Crippen MR) is 50.0 cm³/mol. The van der Waals surface area contributed by atoms with Crippen molar-refractivity contribution in [1.82, 2.24) is 0 Å². The van der Waals surface area contributed by atoms with Crippen LogP contribution in [0.3, 0.4) is 0 Å². The summed E-state index contributed by atoms with van der Waals surface area (Å²) in [4.78, 5) is 9.89. The highest BCUT2D eigenvalue weighted by atomic mass is 79.9. The number of rotatable bonds is 3. The molecule has 1 rings (SSSR count). The molecule has 0 saturated heterocycles. The van der Waals surface area contributed by atoms with Crippen LogP contribution in [0.2, 0.25) is 5.02 Å². The molecule has 0 bridgehead atoms. The fourth-order valence-electron chi connectivity index (χ4n) is 0.763. The third-order valence-electron chi connectivity index (χ3n) is 1.32. The summed E-state index contributed by atoms with van der Waals surface area (Å²) in [6, 6.07) is 5.30. The molecule has 0 atom stereocenters. The lowest BCUT2D eigenvalue weighted by Crippen LogP contribution is -1.90. The first-order chi connectivity index (χ1) is 5.74. The van der Waals surface area contributed by atoms with Crippen molar-refractivity contribution in [2.75, 3.05) is 0 Å². The van der Waals surface area contributed by atoms with E-state index in [1.54, 1.807) is 18.2 Å². The Labute approximate surface area is 83.6 Å². The van der Waals surface area contributed by atoms with Gasteiger partial charge in [-0.2, -0.15) is 0 Å². The molecule has 0 fully saturated rings. The monoisotopic (exact) mass is 248 g/mol. The molecule has 0 heterocycles. The second kappa shape index (κ2) is 4.48. The van der Waals surface area contributed by atoms with Gasteiger partial charge >= 0.3 is 0 Å². The average Bonchev–Trinajstić information content (AvgIpc) is 2.03. The molecule has 64 valence electrons. The minimum atomic E-state index is 0.265. The summed E-state index contributed by atoms with van der Waals surface area (Å²) in [6.07, 6.45) is 0. The van der Waals surface area contributed by atoms with Gasteiger partial charge in [0, 0.05) is 15.1 Å². The van der Waals surface area contributed by atoms with E-state index in [1.165, 1.54) is 0 Å². The average molecular weight is 249 g/mol. The number of carbonyl (C=O) groups excluding carboxylic acids is 1. The summed E-state index contributed by atoms with van der Waals surface area (Å²) in [5.74, 6) is 0. The van der Waals surface area contributed by atoms with Gasteiger partial charge in [-0.05, 0) is 12.1 Å². The van der Waals surface area contributed by atoms with E-state index in [0.717, 1.165) is 10.0 Å². The molecule has 0 aliphatic carbocycles. The second-order valence-corrected chi connectivity index (χ2v) is 3.43. The van der Waals surface area contributed by atoms with Crippen LogP contribution in [0.15, 0.2) is 22.7 Å². The highest BCUT2D eigenvalue weighted by Gasteiger charge is 1.99. The maximum Gasteiger partial charge on any atom is 0.293 e. The lowest BCUT2D eigenvalue weighted by atomic mass is 10.2. The summed E-state index contributed by atoms with van der Waals surface area (Å²) in [7, 11) is 0. The van der Waals surface area contributed by atoms with E-state index in [2.05, 4.69) is 20.7 Å². The Morgan fingerprint density at radius 2 is 2.33 bits per heavy atom. The SMILES string of the molecule is O=COCc1ccc(Cl)cc1Br. The zero-order valence-electron chi connectivity index (χ0n) is 6.09. The quantitative estimate of drug-likeness (QED) is 0.770. The van der Waals surface area contributed by atoms with Crippen molar-refractivity contribution in [3.63, 3.8) is 0 Å². The number of carbonyl (C=O) groups is 1. The van der Waals surface area contributed by atoms with Gasteiger partial charge in [0.15, 0.2) is 0 Å². The van der Waals surface area contributed by atoms with Gasteiger partial charge in [-0.3, -0.25) is 4.79 Å². The molecule has 0 amide bonds. The summed E-state index contributed by atoms with van der Waals surface area (Å²) in [6.45, 7) is 0.683. The molecule has 1 aromatic carbocycles. The molecule has 0 unspecified atom stereocenters. The molecule has 0 aliphatic heterocycles. The van der Waals surface area contributed by atoms with Crippen molar-refractivity contribution in [2.24, 2.45) is 0 Å². The van der Waals surface area contributed by atoms with Crippen LogP contribution < -0.4 is 0 Å². The first-order valence-electron chi connectivity index (χ1n) is 3.23. The Hall–Kier alpha value is -0.540. The van der Waals surface area contributed by atoms with Crippen LogP contribution in [0.4, 0.5) is 0 Å². The predicted octanol–water partition coefficient (Wildman–Crippen LogP) is 2.78. The van der Waals surface area contributed by atoms with Gasteiger partial charge in [-0.25, -0.2) is 0 Å². The van der Waals surface area contributed by atoms with Crippen LogP contribution in [0, 0.1) is 0 Å². The molecule has 0 N–H and O–H groups in total. The fraction of sp³-hybridized carbons (Fsp3) is 0.125.